The van der Waals surface area contributed by atoms with Crippen molar-refractivity contribution in [3.63, 3.8) is 0 Å². The van der Waals surface area contributed by atoms with E-state index in [1.165, 1.54) is 0 Å². The Hall–Kier alpha value is -1.27. The third-order valence-electron chi connectivity index (χ3n) is 4.04. The second-order valence-electron chi connectivity index (χ2n) is 5.97. The maximum absolute atomic E-state index is 11.1. The SMILES string of the molecule is CC1(C)OB(C(CC(=O)O)c2cc[nH]c2)OC1(C)C. The minimum absolute atomic E-state index is 0.0192. The van der Waals surface area contributed by atoms with Crippen molar-refractivity contribution in [2.24, 2.45) is 0 Å². The minimum atomic E-state index is -0.860. The summed E-state index contributed by atoms with van der Waals surface area (Å²) in [6, 6.07) is 1.86. The number of aromatic amines is 1. The maximum atomic E-state index is 11.1. The molecule has 1 fully saturated rings. The van der Waals surface area contributed by atoms with Gasteiger partial charge in [0.1, 0.15) is 0 Å². The molecule has 1 saturated heterocycles. The molecule has 0 spiro atoms. The molecule has 5 nitrogen and oxygen atoms in total. The third-order valence-corrected chi connectivity index (χ3v) is 4.04. The van der Waals surface area contributed by atoms with Crippen molar-refractivity contribution < 1.29 is 19.2 Å². The number of aliphatic carboxylic acids is 1. The van der Waals surface area contributed by atoms with Crippen LogP contribution in [0.3, 0.4) is 0 Å². The van der Waals surface area contributed by atoms with Crippen molar-refractivity contribution in [3.8, 4) is 0 Å². The highest BCUT2D eigenvalue weighted by Crippen LogP contribution is 2.41. The average molecular weight is 265 g/mol. The molecular weight excluding hydrogens is 245 g/mol. The molecule has 0 amide bonds. The molecular formula is C13H20BNO4. The smallest absolute Gasteiger partial charge is 0.466 e. The summed E-state index contributed by atoms with van der Waals surface area (Å²) in [6.07, 6.45) is 3.54. The van der Waals surface area contributed by atoms with Crippen LogP contribution in [-0.2, 0) is 14.1 Å². The van der Waals surface area contributed by atoms with E-state index >= 15 is 0 Å². The van der Waals surface area contributed by atoms with E-state index in [0.717, 1.165) is 5.56 Å². The largest absolute Gasteiger partial charge is 0.481 e. The van der Waals surface area contributed by atoms with Crippen LogP contribution < -0.4 is 0 Å². The van der Waals surface area contributed by atoms with Gasteiger partial charge in [-0.2, -0.15) is 0 Å². The molecule has 2 heterocycles. The first-order chi connectivity index (χ1) is 8.73. The molecule has 2 rings (SSSR count). The van der Waals surface area contributed by atoms with Gasteiger partial charge in [0, 0.05) is 18.2 Å². The van der Waals surface area contributed by atoms with Gasteiger partial charge in [-0.25, -0.2) is 0 Å². The fourth-order valence-electron chi connectivity index (χ4n) is 2.18. The minimum Gasteiger partial charge on any atom is -0.481 e. The van der Waals surface area contributed by atoms with E-state index in [1.54, 1.807) is 12.4 Å². The molecule has 1 atom stereocenters. The molecule has 19 heavy (non-hydrogen) atoms. The highest BCUT2D eigenvalue weighted by Gasteiger charge is 2.54. The summed E-state index contributed by atoms with van der Waals surface area (Å²) in [4.78, 5) is 14.0. The lowest BCUT2D eigenvalue weighted by Crippen LogP contribution is -2.41. The molecule has 0 bridgehead atoms. The molecule has 104 valence electrons. The first-order valence-corrected chi connectivity index (χ1v) is 6.43. The van der Waals surface area contributed by atoms with E-state index in [4.69, 9.17) is 14.4 Å². The predicted octanol–water partition coefficient (Wildman–Crippen LogP) is 2.20. The molecule has 1 aromatic rings. The molecule has 1 aliphatic rings. The van der Waals surface area contributed by atoms with Crippen molar-refractivity contribution in [2.45, 2.75) is 51.1 Å². The van der Waals surface area contributed by atoms with Gasteiger partial charge >= 0.3 is 13.1 Å². The number of carboxylic acid groups (broad SMARTS) is 1. The Morgan fingerprint density at radius 3 is 2.37 bits per heavy atom. The second kappa shape index (κ2) is 4.69. The Labute approximate surface area is 113 Å². The van der Waals surface area contributed by atoms with E-state index in [9.17, 15) is 4.79 Å². The molecule has 1 unspecified atom stereocenters. The van der Waals surface area contributed by atoms with E-state index < -0.39 is 24.3 Å². The number of aromatic nitrogens is 1. The monoisotopic (exact) mass is 265 g/mol. The number of nitrogens with one attached hydrogen (secondary N) is 1. The zero-order valence-electron chi connectivity index (χ0n) is 11.8. The Morgan fingerprint density at radius 2 is 1.95 bits per heavy atom. The van der Waals surface area contributed by atoms with Crippen molar-refractivity contribution in [3.05, 3.63) is 24.0 Å². The Balaban J connectivity index is 2.24. The maximum Gasteiger partial charge on any atom is 0.466 e. The normalized spacial score (nSPS) is 22.4. The van der Waals surface area contributed by atoms with Gasteiger partial charge in [0.05, 0.1) is 17.6 Å². The summed E-state index contributed by atoms with van der Waals surface area (Å²) < 4.78 is 11.9. The van der Waals surface area contributed by atoms with Crippen molar-refractivity contribution >= 4 is 13.1 Å². The lowest BCUT2D eigenvalue weighted by atomic mass is 9.67. The van der Waals surface area contributed by atoms with Crippen LogP contribution in [0.5, 0.6) is 0 Å². The number of carboxylic acids is 1. The quantitative estimate of drug-likeness (QED) is 0.818. The van der Waals surface area contributed by atoms with Crippen LogP contribution in [-0.4, -0.2) is 34.4 Å². The summed E-state index contributed by atoms with van der Waals surface area (Å²) in [7, 11) is -0.545. The molecule has 2 N–H and O–H groups in total. The third kappa shape index (κ3) is 2.69. The molecule has 0 radical (unpaired) electrons. The van der Waals surface area contributed by atoms with Crippen LogP contribution in [0.25, 0.3) is 0 Å². The summed E-state index contributed by atoms with van der Waals surface area (Å²) in [5.74, 6) is -1.18. The average Bonchev–Trinajstić information content (AvgIpc) is 2.82. The second-order valence-corrected chi connectivity index (χ2v) is 5.97. The molecule has 0 saturated carbocycles. The van der Waals surface area contributed by atoms with Crippen LogP contribution in [0, 0.1) is 0 Å². The molecule has 0 aliphatic carbocycles. The zero-order chi connectivity index (χ0) is 14.3. The first kappa shape index (κ1) is 14.2. The van der Waals surface area contributed by atoms with Crippen molar-refractivity contribution in [1.29, 1.82) is 0 Å². The summed E-state index contributed by atoms with van der Waals surface area (Å²) >= 11 is 0. The Morgan fingerprint density at radius 1 is 1.37 bits per heavy atom. The van der Waals surface area contributed by atoms with E-state index in [2.05, 4.69) is 4.98 Å². The number of hydrogen-bond donors (Lipinski definition) is 2. The zero-order valence-corrected chi connectivity index (χ0v) is 11.8. The van der Waals surface area contributed by atoms with Crippen molar-refractivity contribution in [1.82, 2.24) is 4.98 Å². The first-order valence-electron chi connectivity index (χ1n) is 6.43. The van der Waals surface area contributed by atoms with Crippen molar-refractivity contribution in [2.75, 3.05) is 0 Å². The predicted molar refractivity (Wildman–Crippen MR) is 71.9 cm³/mol. The van der Waals surface area contributed by atoms with Gasteiger partial charge in [-0.1, -0.05) is 0 Å². The van der Waals surface area contributed by atoms with Crippen LogP contribution in [0.1, 0.15) is 45.5 Å². The lowest BCUT2D eigenvalue weighted by Gasteiger charge is -2.32. The van der Waals surface area contributed by atoms with E-state index in [-0.39, 0.29) is 12.2 Å². The molecule has 1 aromatic heterocycles. The highest BCUT2D eigenvalue weighted by atomic mass is 16.7. The highest BCUT2D eigenvalue weighted by molar-refractivity contribution is 6.48. The molecule has 0 aromatic carbocycles. The van der Waals surface area contributed by atoms with Gasteiger partial charge in [-0.15, -0.1) is 0 Å². The number of hydrogen-bond acceptors (Lipinski definition) is 3. The molecule has 1 aliphatic heterocycles. The van der Waals surface area contributed by atoms with Gasteiger partial charge < -0.3 is 19.4 Å². The van der Waals surface area contributed by atoms with Gasteiger partial charge in [0.2, 0.25) is 0 Å². The number of H-pyrrole nitrogens is 1. The van der Waals surface area contributed by atoms with Crippen LogP contribution in [0.15, 0.2) is 18.5 Å². The Bertz CT molecular complexity index is 439. The molecule has 6 heteroatoms. The standard InChI is InChI=1S/C13H20BNO4/c1-12(2)13(3,4)19-14(18-12)10(7-11(16)17)9-5-6-15-8-9/h5-6,8,10,15H,7H2,1-4H3,(H,16,17). The van der Waals surface area contributed by atoms with Gasteiger partial charge in [0.15, 0.2) is 0 Å². The van der Waals surface area contributed by atoms with Crippen LogP contribution >= 0.6 is 0 Å². The van der Waals surface area contributed by atoms with Crippen LogP contribution in [0.4, 0.5) is 0 Å². The Kier molecular flexibility index (Phi) is 3.49. The number of rotatable bonds is 4. The van der Waals surface area contributed by atoms with E-state index in [0.29, 0.717) is 0 Å². The number of carbonyl (C=O) groups is 1. The van der Waals surface area contributed by atoms with E-state index in [1.807, 2.05) is 33.8 Å². The summed E-state index contributed by atoms with van der Waals surface area (Å²) in [5.41, 5.74) is -0.0176. The fraction of sp³-hybridized carbons (Fsp3) is 0.615. The fourth-order valence-corrected chi connectivity index (χ4v) is 2.18. The van der Waals surface area contributed by atoms with Crippen LogP contribution in [0.2, 0.25) is 0 Å². The topological polar surface area (TPSA) is 71.5 Å². The van der Waals surface area contributed by atoms with Gasteiger partial charge in [0.25, 0.3) is 0 Å². The summed E-state index contributed by atoms with van der Waals surface area (Å²) in [5, 5.41) is 9.08. The lowest BCUT2D eigenvalue weighted by molar-refractivity contribution is -0.137. The van der Waals surface area contributed by atoms with Gasteiger partial charge in [-0.05, 0) is 39.3 Å². The van der Waals surface area contributed by atoms with Gasteiger partial charge in [-0.3, -0.25) is 4.79 Å². The summed E-state index contributed by atoms with van der Waals surface area (Å²) in [6.45, 7) is 7.84.